The third-order valence-electron chi connectivity index (χ3n) is 14.3. The van der Waals surface area contributed by atoms with Gasteiger partial charge in [0, 0.05) is 65.7 Å². The molecule has 9 rings (SSSR count). The SMILES string of the molecule is CC=C(C)C(=O)OC1Cc2c3c(c4oc(CO)cc(=O)c4c2O)C2C4=CCNC(N)=C4C(CCc4ccc(O)cc4C2CO)CC(CC2=CNC4NC(C)CCC4=C2)C1(C)O3. The lowest BCUT2D eigenvalue weighted by molar-refractivity contribution is -0.165. The summed E-state index contributed by atoms with van der Waals surface area (Å²) in [5.74, 6) is -2.16. The van der Waals surface area contributed by atoms with Crippen molar-refractivity contribution in [2.75, 3.05) is 13.2 Å². The molecule has 1 saturated heterocycles. The third kappa shape index (κ3) is 6.90. The Hall–Kier alpha value is -5.50. The number of phenols is 2. The first-order chi connectivity index (χ1) is 29.3. The highest BCUT2D eigenvalue weighted by Gasteiger charge is 2.54. The second-order valence-corrected chi connectivity index (χ2v) is 17.9. The number of benzene rings is 2. The number of nitrogens with one attached hydrogen (secondary N) is 3. The molecule has 0 radical (unpaired) electrons. The highest BCUT2D eigenvalue weighted by Crippen LogP contribution is 2.59. The van der Waals surface area contributed by atoms with Gasteiger partial charge in [-0.3, -0.25) is 10.1 Å². The number of aliphatic hydroxyl groups excluding tert-OH is 2. The zero-order chi connectivity index (χ0) is 42.9. The number of hydrogen-bond acceptors (Lipinski definition) is 13. The van der Waals surface area contributed by atoms with Gasteiger partial charge in [-0.25, -0.2) is 4.79 Å². The molecule has 1 fully saturated rings. The Morgan fingerprint density at radius 1 is 1.15 bits per heavy atom. The molecule has 2 aromatic carbocycles. The Morgan fingerprint density at radius 3 is 2.74 bits per heavy atom. The Balaban J connectivity index is 1.37. The highest BCUT2D eigenvalue weighted by molar-refractivity contribution is 5.92. The second-order valence-electron chi connectivity index (χ2n) is 17.9. The maximum Gasteiger partial charge on any atom is 0.333 e. The molecule has 6 aliphatic rings. The minimum absolute atomic E-state index is 0.00724. The van der Waals surface area contributed by atoms with Crippen molar-refractivity contribution in [2.45, 2.75) is 115 Å². The molecule has 9 N–H and O–H groups in total. The molecule has 5 aliphatic heterocycles. The first kappa shape index (κ1) is 40.9. The summed E-state index contributed by atoms with van der Waals surface area (Å²) in [7, 11) is 0. The average Bonchev–Trinajstić information content (AvgIpc) is 3.29. The van der Waals surface area contributed by atoms with Gasteiger partial charge in [-0.15, -0.1) is 0 Å². The first-order valence-electron chi connectivity index (χ1n) is 21.6. The van der Waals surface area contributed by atoms with E-state index in [4.69, 9.17) is 19.6 Å². The van der Waals surface area contributed by atoms with Gasteiger partial charge in [0.2, 0.25) is 0 Å². The van der Waals surface area contributed by atoms with Crippen LogP contribution >= 0.6 is 0 Å². The van der Waals surface area contributed by atoms with E-state index in [1.165, 1.54) is 5.57 Å². The van der Waals surface area contributed by atoms with Crippen LogP contribution in [-0.2, 0) is 29.0 Å². The minimum Gasteiger partial charge on any atom is -0.508 e. The van der Waals surface area contributed by atoms with E-state index in [1.807, 2.05) is 13.0 Å². The number of hydrogen-bond donors (Lipinski definition) is 8. The van der Waals surface area contributed by atoms with Crippen molar-refractivity contribution in [3.63, 3.8) is 0 Å². The normalized spacial score (nSPS) is 29.4. The standard InChI is InChI=1S/C48H56N4O9/c1-5-23(2)47(58)60-37-19-34-42(57)40-36(56)18-31(21-53)59-44(40)41-39-32-12-13-50-45(49)38(32)27(9-8-26-10-11-30(55)17-33(26)35(39)22-54)16-29(48(37,4)61-43(34)41)15-25-14-28-7-6-24(3)52-46(28)51-20-25/h5,10-12,14,17-18,20,24,27,29,35,37,39,46,50-55,57H,6-9,13,15-16,19,21-22,49H2,1-4H3. The quantitative estimate of drug-likeness (QED) is 0.117. The number of ether oxygens (including phenoxy) is 2. The number of esters is 1. The van der Waals surface area contributed by atoms with Crippen molar-refractivity contribution in [3.8, 4) is 17.2 Å². The second kappa shape index (κ2) is 15.8. The molecule has 6 heterocycles. The predicted molar refractivity (Wildman–Crippen MR) is 230 cm³/mol. The Bertz CT molecular complexity index is 2530. The summed E-state index contributed by atoms with van der Waals surface area (Å²) in [5, 5.41) is 55.9. The van der Waals surface area contributed by atoms with Crippen molar-refractivity contribution >= 4 is 16.9 Å². The van der Waals surface area contributed by atoms with E-state index < -0.39 is 41.5 Å². The van der Waals surface area contributed by atoms with Crippen LogP contribution in [-0.4, -0.2) is 63.5 Å². The summed E-state index contributed by atoms with van der Waals surface area (Å²) >= 11 is 0. The van der Waals surface area contributed by atoms with Crippen LogP contribution in [0.5, 0.6) is 17.2 Å². The van der Waals surface area contributed by atoms with Crippen LogP contribution in [0.25, 0.3) is 11.0 Å². The molecular formula is C48H56N4O9. The summed E-state index contributed by atoms with van der Waals surface area (Å²) in [6.07, 6.45) is 11.5. The predicted octanol–water partition coefficient (Wildman–Crippen LogP) is 5.31. The number of aryl methyl sites for hydroxylation is 1. The molecule has 8 unspecified atom stereocenters. The van der Waals surface area contributed by atoms with Crippen LogP contribution in [0.3, 0.4) is 0 Å². The van der Waals surface area contributed by atoms with Crippen LogP contribution < -0.4 is 31.8 Å². The smallest absolute Gasteiger partial charge is 0.333 e. The van der Waals surface area contributed by atoms with E-state index in [0.29, 0.717) is 55.2 Å². The molecule has 0 spiro atoms. The number of aliphatic hydroxyl groups is 2. The van der Waals surface area contributed by atoms with Crippen molar-refractivity contribution in [1.29, 1.82) is 0 Å². The van der Waals surface area contributed by atoms with Gasteiger partial charge in [-0.1, -0.05) is 24.3 Å². The Labute approximate surface area is 354 Å². The molecule has 61 heavy (non-hydrogen) atoms. The number of nitrogens with two attached hydrogens (primary N) is 1. The number of phenolic OH excluding ortho intramolecular Hbond substituents is 2. The van der Waals surface area contributed by atoms with E-state index in [0.717, 1.165) is 46.8 Å². The van der Waals surface area contributed by atoms with Gasteiger partial charge in [-0.2, -0.15) is 0 Å². The molecule has 0 saturated carbocycles. The number of aromatic hydroxyl groups is 2. The minimum atomic E-state index is -1.24. The van der Waals surface area contributed by atoms with Crippen LogP contribution in [0.4, 0.5) is 0 Å². The monoisotopic (exact) mass is 832 g/mol. The maximum absolute atomic E-state index is 14.2. The van der Waals surface area contributed by atoms with Crippen molar-refractivity contribution < 1.29 is 39.1 Å². The fraction of sp³-hybridized carbons (Fsp3) is 0.458. The number of fused-ring (bicyclic) bond motifs is 6. The molecule has 0 amide bonds. The Morgan fingerprint density at radius 2 is 1.97 bits per heavy atom. The number of dihydropyridines is 2. The van der Waals surface area contributed by atoms with Gasteiger partial charge in [0.05, 0.1) is 12.8 Å². The zero-order valence-corrected chi connectivity index (χ0v) is 35.1. The first-order valence-corrected chi connectivity index (χ1v) is 21.6. The van der Waals surface area contributed by atoms with Crippen molar-refractivity contribution in [1.82, 2.24) is 16.0 Å². The molecule has 1 aromatic heterocycles. The largest absolute Gasteiger partial charge is 0.508 e. The summed E-state index contributed by atoms with van der Waals surface area (Å²) in [6.45, 7) is 7.05. The number of piperidine rings is 1. The third-order valence-corrected chi connectivity index (χ3v) is 14.3. The molecule has 322 valence electrons. The highest BCUT2D eigenvalue weighted by atomic mass is 16.6. The zero-order valence-electron chi connectivity index (χ0n) is 35.1. The topological polar surface area (TPSA) is 209 Å². The lowest BCUT2D eigenvalue weighted by atomic mass is 9.65. The Kier molecular flexibility index (Phi) is 10.6. The lowest BCUT2D eigenvalue weighted by Gasteiger charge is -2.50. The van der Waals surface area contributed by atoms with E-state index in [-0.39, 0.29) is 70.6 Å². The van der Waals surface area contributed by atoms with Gasteiger partial charge in [0.1, 0.15) is 58.1 Å². The molecule has 3 aromatic rings. The fourth-order valence-electron chi connectivity index (χ4n) is 10.9. The number of rotatable bonds is 6. The fourth-order valence-corrected chi connectivity index (χ4v) is 10.9. The van der Waals surface area contributed by atoms with E-state index in [9.17, 15) is 30.0 Å². The molecule has 1 aliphatic carbocycles. The van der Waals surface area contributed by atoms with Crippen molar-refractivity contribution in [2.24, 2.45) is 17.6 Å². The van der Waals surface area contributed by atoms with Gasteiger partial charge >= 0.3 is 5.97 Å². The molecular weight excluding hydrogens is 777 g/mol. The maximum atomic E-state index is 14.2. The van der Waals surface area contributed by atoms with Gasteiger partial charge in [-0.05, 0) is 118 Å². The molecule has 13 nitrogen and oxygen atoms in total. The van der Waals surface area contributed by atoms with Crippen LogP contribution in [0.2, 0.25) is 0 Å². The van der Waals surface area contributed by atoms with E-state index >= 15 is 0 Å². The van der Waals surface area contributed by atoms with Gasteiger partial charge in [0.15, 0.2) is 5.43 Å². The molecule has 13 heteroatoms. The summed E-state index contributed by atoms with van der Waals surface area (Å²) in [4.78, 5) is 28.0. The van der Waals surface area contributed by atoms with E-state index in [2.05, 4.69) is 41.2 Å². The lowest BCUT2D eigenvalue weighted by Crippen LogP contribution is -2.57. The van der Waals surface area contributed by atoms with Crippen LogP contribution in [0.1, 0.15) is 99.6 Å². The van der Waals surface area contributed by atoms with E-state index in [1.54, 1.807) is 32.1 Å². The summed E-state index contributed by atoms with van der Waals surface area (Å²) in [5.41, 5.74) is 12.1. The number of carbonyl (C=O) groups is 1. The van der Waals surface area contributed by atoms with Gasteiger partial charge in [0.25, 0.3) is 0 Å². The van der Waals surface area contributed by atoms with Crippen LogP contribution in [0, 0.1) is 11.8 Å². The number of allylic oxidation sites excluding steroid dienone is 5. The molecule has 8 atom stereocenters. The summed E-state index contributed by atoms with van der Waals surface area (Å²) < 4.78 is 20.4. The van der Waals surface area contributed by atoms with Crippen LogP contribution in [0.15, 0.2) is 91.6 Å². The van der Waals surface area contributed by atoms with Crippen molar-refractivity contribution in [3.05, 3.63) is 121 Å². The molecule has 4 bridgehead atoms. The van der Waals surface area contributed by atoms with Gasteiger partial charge < -0.3 is 50.7 Å². The average molecular weight is 833 g/mol. The number of carbonyl (C=O) groups excluding carboxylic acids is 1. The summed E-state index contributed by atoms with van der Waals surface area (Å²) in [6, 6.07) is 6.80.